The third-order valence-electron chi connectivity index (χ3n) is 3.73. The zero-order valence-electron chi connectivity index (χ0n) is 9.63. The van der Waals surface area contributed by atoms with Crippen LogP contribution in [0.1, 0.15) is 38.5 Å². The molecular formula is C12H21N3. The molecule has 0 aromatic heterocycles. The number of likely N-dealkylation sites (tertiary alicyclic amines) is 1. The maximum atomic E-state index is 9.38. The molecule has 1 N–H and O–H groups in total. The molecule has 1 heterocycles. The summed E-state index contributed by atoms with van der Waals surface area (Å²) in [6.45, 7) is 2.02. The molecule has 1 saturated carbocycles. The fourth-order valence-electron chi connectivity index (χ4n) is 2.97. The lowest BCUT2D eigenvalue weighted by Gasteiger charge is -2.38. The Kier molecular flexibility index (Phi) is 3.28. The Morgan fingerprint density at radius 1 is 1.33 bits per heavy atom. The average Bonchev–Trinajstić information content (AvgIpc) is 2.70. The second-order valence-electron chi connectivity index (χ2n) is 5.16. The summed E-state index contributed by atoms with van der Waals surface area (Å²) in [7, 11) is 2.11. The van der Waals surface area contributed by atoms with E-state index in [9.17, 15) is 5.26 Å². The second-order valence-corrected chi connectivity index (χ2v) is 5.16. The number of rotatable bonds is 2. The van der Waals surface area contributed by atoms with Gasteiger partial charge < -0.3 is 4.90 Å². The van der Waals surface area contributed by atoms with Gasteiger partial charge in [-0.1, -0.05) is 12.8 Å². The molecule has 3 heteroatoms. The average molecular weight is 207 g/mol. The molecule has 1 aliphatic heterocycles. The van der Waals surface area contributed by atoms with Crippen LogP contribution in [-0.2, 0) is 0 Å². The molecule has 2 rings (SSSR count). The van der Waals surface area contributed by atoms with Gasteiger partial charge in [0.25, 0.3) is 0 Å². The Labute approximate surface area is 92.4 Å². The van der Waals surface area contributed by atoms with Crippen molar-refractivity contribution >= 4 is 0 Å². The standard InChI is InChI=1S/C12H21N3/c1-15-8-4-7-12(9-13,10-15)14-11-5-2-3-6-11/h11,14H,2-8,10H2,1H3. The lowest BCUT2D eigenvalue weighted by atomic mass is 9.89. The van der Waals surface area contributed by atoms with Gasteiger partial charge in [0.05, 0.1) is 6.07 Å². The Morgan fingerprint density at radius 3 is 2.67 bits per heavy atom. The van der Waals surface area contributed by atoms with E-state index in [1.165, 1.54) is 25.7 Å². The number of hydrogen-bond donors (Lipinski definition) is 1. The van der Waals surface area contributed by atoms with Gasteiger partial charge in [-0.25, -0.2) is 0 Å². The van der Waals surface area contributed by atoms with Crippen LogP contribution >= 0.6 is 0 Å². The Bertz CT molecular complexity index is 252. The summed E-state index contributed by atoms with van der Waals surface area (Å²) in [6, 6.07) is 3.12. The van der Waals surface area contributed by atoms with Gasteiger partial charge >= 0.3 is 0 Å². The second kappa shape index (κ2) is 4.51. The number of piperidine rings is 1. The van der Waals surface area contributed by atoms with E-state index in [2.05, 4.69) is 23.3 Å². The molecule has 0 bridgehead atoms. The molecule has 1 unspecified atom stereocenters. The van der Waals surface area contributed by atoms with Gasteiger partial charge in [-0.3, -0.25) is 5.32 Å². The SMILES string of the molecule is CN1CCCC(C#N)(NC2CCCC2)C1. The van der Waals surface area contributed by atoms with Crippen molar-refractivity contribution in [2.75, 3.05) is 20.1 Å². The van der Waals surface area contributed by atoms with Crippen molar-refractivity contribution in [3.63, 3.8) is 0 Å². The highest BCUT2D eigenvalue weighted by molar-refractivity contribution is 5.11. The normalized spacial score (nSPS) is 34.1. The van der Waals surface area contributed by atoms with Crippen LogP contribution in [0.3, 0.4) is 0 Å². The molecule has 1 aliphatic carbocycles. The molecule has 0 aromatic rings. The molecular weight excluding hydrogens is 186 g/mol. The fraction of sp³-hybridized carbons (Fsp3) is 0.917. The van der Waals surface area contributed by atoms with E-state index in [0.29, 0.717) is 6.04 Å². The summed E-state index contributed by atoms with van der Waals surface area (Å²) in [6.07, 6.45) is 7.33. The van der Waals surface area contributed by atoms with E-state index in [0.717, 1.165) is 25.9 Å². The van der Waals surface area contributed by atoms with Crippen LogP contribution in [0, 0.1) is 11.3 Å². The van der Waals surface area contributed by atoms with Gasteiger partial charge in [0, 0.05) is 12.6 Å². The number of hydrogen-bond acceptors (Lipinski definition) is 3. The van der Waals surface area contributed by atoms with Crippen LogP contribution in [0.15, 0.2) is 0 Å². The predicted molar refractivity (Wildman–Crippen MR) is 60.5 cm³/mol. The van der Waals surface area contributed by atoms with Crippen LogP contribution in [-0.4, -0.2) is 36.6 Å². The minimum atomic E-state index is -0.262. The van der Waals surface area contributed by atoms with Gasteiger partial charge in [0.15, 0.2) is 0 Å². The largest absolute Gasteiger partial charge is 0.303 e. The first kappa shape index (κ1) is 10.9. The molecule has 84 valence electrons. The van der Waals surface area contributed by atoms with Gasteiger partial charge in [-0.15, -0.1) is 0 Å². The zero-order valence-corrected chi connectivity index (χ0v) is 9.63. The zero-order chi connectivity index (χ0) is 10.7. The van der Waals surface area contributed by atoms with Gasteiger partial charge in [0.2, 0.25) is 0 Å². The third kappa shape index (κ3) is 2.50. The van der Waals surface area contributed by atoms with E-state index in [-0.39, 0.29) is 5.54 Å². The van der Waals surface area contributed by atoms with Crippen molar-refractivity contribution in [2.45, 2.75) is 50.1 Å². The van der Waals surface area contributed by atoms with Gasteiger partial charge in [-0.2, -0.15) is 5.26 Å². The Hall–Kier alpha value is -0.590. The molecule has 0 amide bonds. The van der Waals surface area contributed by atoms with Crippen molar-refractivity contribution in [1.82, 2.24) is 10.2 Å². The first-order valence-electron chi connectivity index (χ1n) is 6.12. The molecule has 2 aliphatic rings. The Morgan fingerprint density at radius 2 is 2.07 bits per heavy atom. The van der Waals surface area contributed by atoms with Crippen molar-refractivity contribution in [3.8, 4) is 6.07 Å². The van der Waals surface area contributed by atoms with Crippen LogP contribution in [0.2, 0.25) is 0 Å². The minimum Gasteiger partial charge on any atom is -0.303 e. The van der Waals surface area contributed by atoms with E-state index in [4.69, 9.17) is 0 Å². The minimum absolute atomic E-state index is 0.262. The van der Waals surface area contributed by atoms with Crippen molar-refractivity contribution < 1.29 is 0 Å². The number of likely N-dealkylation sites (N-methyl/N-ethyl adjacent to an activating group) is 1. The van der Waals surface area contributed by atoms with Gasteiger partial charge in [0.1, 0.15) is 5.54 Å². The first-order valence-corrected chi connectivity index (χ1v) is 6.12. The predicted octanol–water partition coefficient (Wildman–Crippen LogP) is 1.51. The topological polar surface area (TPSA) is 39.1 Å². The van der Waals surface area contributed by atoms with E-state index >= 15 is 0 Å². The van der Waals surface area contributed by atoms with E-state index in [1.54, 1.807) is 0 Å². The summed E-state index contributed by atoms with van der Waals surface area (Å²) in [5, 5.41) is 13.0. The first-order chi connectivity index (χ1) is 7.24. The van der Waals surface area contributed by atoms with E-state index in [1.807, 2.05) is 0 Å². The fourth-order valence-corrected chi connectivity index (χ4v) is 2.97. The monoisotopic (exact) mass is 207 g/mol. The number of nitrogens with zero attached hydrogens (tertiary/aromatic N) is 2. The maximum absolute atomic E-state index is 9.38. The lowest BCUT2D eigenvalue weighted by molar-refractivity contribution is 0.172. The molecule has 15 heavy (non-hydrogen) atoms. The molecule has 2 fully saturated rings. The molecule has 1 atom stereocenters. The quantitative estimate of drug-likeness (QED) is 0.746. The maximum Gasteiger partial charge on any atom is 0.119 e. The van der Waals surface area contributed by atoms with Crippen molar-refractivity contribution in [2.24, 2.45) is 0 Å². The van der Waals surface area contributed by atoms with Crippen LogP contribution < -0.4 is 5.32 Å². The number of nitriles is 1. The van der Waals surface area contributed by atoms with E-state index < -0.39 is 0 Å². The molecule has 0 aromatic carbocycles. The molecule has 0 radical (unpaired) electrons. The highest BCUT2D eigenvalue weighted by Gasteiger charge is 2.36. The van der Waals surface area contributed by atoms with Crippen molar-refractivity contribution in [1.29, 1.82) is 5.26 Å². The lowest BCUT2D eigenvalue weighted by Crippen LogP contribution is -2.57. The van der Waals surface area contributed by atoms with Gasteiger partial charge in [-0.05, 0) is 39.3 Å². The molecule has 3 nitrogen and oxygen atoms in total. The summed E-state index contributed by atoms with van der Waals surface area (Å²) in [5.74, 6) is 0. The Balaban J connectivity index is 1.97. The molecule has 1 saturated heterocycles. The van der Waals surface area contributed by atoms with Crippen LogP contribution in [0.25, 0.3) is 0 Å². The van der Waals surface area contributed by atoms with Crippen LogP contribution in [0.4, 0.5) is 0 Å². The molecule has 0 spiro atoms. The van der Waals surface area contributed by atoms with Crippen LogP contribution in [0.5, 0.6) is 0 Å². The number of nitrogens with one attached hydrogen (secondary N) is 1. The summed E-state index contributed by atoms with van der Waals surface area (Å²) < 4.78 is 0. The summed E-state index contributed by atoms with van der Waals surface area (Å²) >= 11 is 0. The smallest absolute Gasteiger partial charge is 0.119 e. The van der Waals surface area contributed by atoms with Crippen molar-refractivity contribution in [3.05, 3.63) is 0 Å². The highest BCUT2D eigenvalue weighted by atomic mass is 15.2. The summed E-state index contributed by atoms with van der Waals surface area (Å²) in [5.41, 5.74) is -0.262. The third-order valence-corrected chi connectivity index (χ3v) is 3.73. The highest BCUT2D eigenvalue weighted by Crippen LogP contribution is 2.25. The summed E-state index contributed by atoms with van der Waals surface area (Å²) in [4.78, 5) is 2.27.